The van der Waals surface area contributed by atoms with Crippen LogP contribution in [0.2, 0.25) is 0 Å². The molecule has 0 spiro atoms. The van der Waals surface area contributed by atoms with Crippen LogP contribution in [0.25, 0.3) is 0 Å². The van der Waals surface area contributed by atoms with Crippen molar-refractivity contribution in [2.45, 2.75) is 10.9 Å². The lowest BCUT2D eigenvalue weighted by molar-refractivity contribution is -0.113. The van der Waals surface area contributed by atoms with E-state index in [1.807, 2.05) is 18.2 Å². The summed E-state index contributed by atoms with van der Waals surface area (Å²) < 4.78 is 5.93. The Bertz CT molecular complexity index is 886. The Morgan fingerprint density at radius 2 is 2.24 bits per heavy atom. The van der Waals surface area contributed by atoms with Crippen molar-refractivity contribution < 1.29 is 9.21 Å². The Morgan fingerprint density at radius 1 is 1.32 bits per heavy atom. The summed E-state index contributed by atoms with van der Waals surface area (Å²) in [5.41, 5.74) is 1.10. The number of furan rings is 1. The molecule has 0 saturated heterocycles. The van der Waals surface area contributed by atoms with Crippen LogP contribution in [0.15, 0.2) is 51.4 Å². The summed E-state index contributed by atoms with van der Waals surface area (Å²) in [6, 6.07) is 12.5. The number of nitrogens with one attached hydrogen (secondary N) is 2. The number of aromatic nitrogens is 2. The normalized spacial score (nSPS) is 10.2. The van der Waals surface area contributed by atoms with E-state index in [4.69, 9.17) is 9.68 Å². The maximum Gasteiger partial charge on any atom is 0.234 e. The first-order chi connectivity index (χ1) is 12.2. The number of nitrogens with zero attached hydrogens (tertiary/aromatic N) is 3. The molecule has 0 atom stereocenters. The predicted octanol–water partition coefficient (Wildman–Crippen LogP) is 3.35. The van der Waals surface area contributed by atoms with Gasteiger partial charge in [0.25, 0.3) is 0 Å². The summed E-state index contributed by atoms with van der Waals surface area (Å²) in [5, 5.41) is 23.5. The zero-order valence-corrected chi connectivity index (χ0v) is 14.6. The topological polar surface area (TPSA) is 104 Å². The van der Waals surface area contributed by atoms with E-state index in [-0.39, 0.29) is 11.7 Å². The van der Waals surface area contributed by atoms with Crippen molar-refractivity contribution >= 4 is 39.8 Å². The van der Waals surface area contributed by atoms with E-state index in [1.54, 1.807) is 30.5 Å². The van der Waals surface area contributed by atoms with E-state index < -0.39 is 0 Å². The fourth-order valence-electron chi connectivity index (χ4n) is 1.91. The zero-order valence-electron chi connectivity index (χ0n) is 12.9. The number of hydrogen-bond donors (Lipinski definition) is 2. The fourth-order valence-corrected chi connectivity index (χ4v) is 3.45. The summed E-state index contributed by atoms with van der Waals surface area (Å²) in [5.74, 6) is 0.854. The number of carbonyl (C=O) groups is 1. The largest absolute Gasteiger partial charge is 0.467 e. The first kappa shape index (κ1) is 17.0. The molecule has 126 valence electrons. The Balaban J connectivity index is 1.46. The smallest absolute Gasteiger partial charge is 0.234 e. The minimum Gasteiger partial charge on any atom is -0.467 e. The van der Waals surface area contributed by atoms with Crippen molar-refractivity contribution in [3.8, 4) is 6.07 Å². The number of anilines is 2. The van der Waals surface area contributed by atoms with Crippen molar-refractivity contribution in [2.75, 3.05) is 16.4 Å². The van der Waals surface area contributed by atoms with Crippen molar-refractivity contribution in [3.05, 3.63) is 54.0 Å². The molecule has 3 aromatic rings. The Morgan fingerprint density at radius 3 is 3.04 bits per heavy atom. The minimum absolute atomic E-state index is 0.166. The molecule has 2 N–H and O–H groups in total. The quantitative estimate of drug-likeness (QED) is 0.614. The molecule has 0 aliphatic rings. The minimum atomic E-state index is -0.166. The zero-order chi connectivity index (χ0) is 17.5. The van der Waals surface area contributed by atoms with Crippen LogP contribution in [0, 0.1) is 11.3 Å². The molecule has 0 bridgehead atoms. The van der Waals surface area contributed by atoms with Gasteiger partial charge >= 0.3 is 0 Å². The molecule has 1 aromatic carbocycles. The molecular formula is C16H13N5O2S2. The van der Waals surface area contributed by atoms with Gasteiger partial charge in [0.05, 0.1) is 30.2 Å². The number of rotatable bonds is 7. The number of thioether (sulfide) groups is 1. The van der Waals surface area contributed by atoms with Crippen LogP contribution in [-0.2, 0) is 11.3 Å². The predicted molar refractivity (Wildman–Crippen MR) is 96.5 cm³/mol. The van der Waals surface area contributed by atoms with Gasteiger partial charge in [0.2, 0.25) is 11.0 Å². The van der Waals surface area contributed by atoms with E-state index in [0.717, 1.165) is 5.76 Å². The van der Waals surface area contributed by atoms with Crippen LogP contribution in [0.1, 0.15) is 11.3 Å². The molecule has 2 heterocycles. The van der Waals surface area contributed by atoms with Gasteiger partial charge in [0.15, 0.2) is 4.34 Å². The van der Waals surface area contributed by atoms with Crippen molar-refractivity contribution in [1.82, 2.24) is 10.2 Å². The third-order valence-electron chi connectivity index (χ3n) is 3.00. The molecule has 2 aromatic heterocycles. The summed E-state index contributed by atoms with van der Waals surface area (Å²) in [4.78, 5) is 12.0. The van der Waals surface area contributed by atoms with E-state index in [0.29, 0.717) is 27.3 Å². The summed E-state index contributed by atoms with van der Waals surface area (Å²) in [6.45, 7) is 0.530. The molecule has 1 amide bonds. The van der Waals surface area contributed by atoms with Crippen molar-refractivity contribution in [3.63, 3.8) is 0 Å². The highest BCUT2D eigenvalue weighted by molar-refractivity contribution is 8.01. The SMILES string of the molecule is N#Cc1cccc(NC(=O)CSc2nnc(NCc3ccco3)s2)c1. The van der Waals surface area contributed by atoms with Crippen LogP contribution < -0.4 is 10.6 Å². The second-order valence-electron chi connectivity index (χ2n) is 4.84. The van der Waals surface area contributed by atoms with E-state index in [2.05, 4.69) is 20.8 Å². The third kappa shape index (κ3) is 5.07. The van der Waals surface area contributed by atoms with E-state index in [1.165, 1.54) is 23.1 Å². The van der Waals surface area contributed by atoms with Crippen LogP contribution in [0.3, 0.4) is 0 Å². The monoisotopic (exact) mass is 371 g/mol. The van der Waals surface area contributed by atoms with Crippen LogP contribution >= 0.6 is 23.1 Å². The number of carbonyl (C=O) groups excluding carboxylic acids is 1. The van der Waals surface area contributed by atoms with Gasteiger partial charge in [-0.05, 0) is 30.3 Å². The number of hydrogen-bond acceptors (Lipinski definition) is 8. The maximum atomic E-state index is 12.0. The maximum absolute atomic E-state index is 12.0. The highest BCUT2D eigenvalue weighted by Gasteiger charge is 2.09. The second kappa shape index (κ2) is 8.32. The van der Waals surface area contributed by atoms with Gasteiger partial charge in [-0.15, -0.1) is 10.2 Å². The molecule has 0 aliphatic heterocycles. The molecule has 0 radical (unpaired) electrons. The molecule has 0 fully saturated rings. The molecule has 9 heteroatoms. The lowest BCUT2D eigenvalue weighted by Crippen LogP contribution is -2.13. The molecule has 0 unspecified atom stereocenters. The van der Waals surface area contributed by atoms with Gasteiger partial charge < -0.3 is 15.1 Å². The van der Waals surface area contributed by atoms with Crippen LogP contribution in [0.5, 0.6) is 0 Å². The Kier molecular flexibility index (Phi) is 5.66. The van der Waals surface area contributed by atoms with E-state index >= 15 is 0 Å². The molecule has 7 nitrogen and oxygen atoms in total. The number of nitriles is 1. The lowest BCUT2D eigenvalue weighted by atomic mass is 10.2. The van der Waals surface area contributed by atoms with Gasteiger partial charge in [-0.3, -0.25) is 4.79 Å². The molecular weight excluding hydrogens is 358 g/mol. The van der Waals surface area contributed by atoms with Gasteiger partial charge in [0.1, 0.15) is 5.76 Å². The summed E-state index contributed by atoms with van der Waals surface area (Å²) in [7, 11) is 0. The Labute approximate surface area is 152 Å². The average Bonchev–Trinajstić information content (AvgIpc) is 3.30. The van der Waals surface area contributed by atoms with Crippen molar-refractivity contribution in [2.24, 2.45) is 0 Å². The molecule has 0 aliphatic carbocycles. The molecule has 3 rings (SSSR count). The fraction of sp³-hybridized carbons (Fsp3) is 0.125. The highest BCUT2D eigenvalue weighted by Crippen LogP contribution is 2.26. The van der Waals surface area contributed by atoms with Gasteiger partial charge in [-0.25, -0.2) is 0 Å². The lowest BCUT2D eigenvalue weighted by Gasteiger charge is -2.04. The first-order valence-electron chi connectivity index (χ1n) is 7.25. The average molecular weight is 371 g/mol. The van der Waals surface area contributed by atoms with Gasteiger partial charge in [-0.2, -0.15) is 5.26 Å². The van der Waals surface area contributed by atoms with Crippen LogP contribution in [-0.4, -0.2) is 21.9 Å². The highest BCUT2D eigenvalue weighted by atomic mass is 32.2. The molecule has 25 heavy (non-hydrogen) atoms. The van der Waals surface area contributed by atoms with Crippen LogP contribution in [0.4, 0.5) is 10.8 Å². The number of benzene rings is 1. The standard InChI is InChI=1S/C16H13N5O2S2/c17-8-11-3-1-4-12(7-11)19-14(22)10-24-16-21-20-15(25-16)18-9-13-5-2-6-23-13/h1-7H,9-10H2,(H,18,20)(H,19,22). The van der Waals surface area contributed by atoms with E-state index in [9.17, 15) is 4.79 Å². The Hall–Kier alpha value is -2.83. The first-order valence-corrected chi connectivity index (χ1v) is 9.06. The summed E-state index contributed by atoms with van der Waals surface area (Å²) >= 11 is 2.68. The second-order valence-corrected chi connectivity index (χ2v) is 7.04. The summed E-state index contributed by atoms with van der Waals surface area (Å²) in [6.07, 6.45) is 1.61. The third-order valence-corrected chi connectivity index (χ3v) is 5.02. The van der Waals surface area contributed by atoms with Gasteiger partial charge in [0, 0.05) is 5.69 Å². The van der Waals surface area contributed by atoms with Gasteiger partial charge in [-0.1, -0.05) is 29.2 Å². The van der Waals surface area contributed by atoms with Crippen molar-refractivity contribution in [1.29, 1.82) is 5.26 Å². The molecule has 0 saturated carbocycles. The number of amides is 1.